The molecule has 1 aliphatic heterocycles. The Bertz CT molecular complexity index is 440. The molecule has 0 aromatic heterocycles. The number of carbonyl (C=O) groups is 1. The molecule has 0 spiro atoms. The quantitative estimate of drug-likeness (QED) is 0.658. The highest BCUT2D eigenvalue weighted by atomic mass is 19.3. The molecule has 94 valence electrons. The fourth-order valence-corrected chi connectivity index (χ4v) is 1.92. The van der Waals surface area contributed by atoms with E-state index < -0.39 is 34.8 Å². The Morgan fingerprint density at radius 1 is 1.18 bits per heavy atom. The van der Waals surface area contributed by atoms with Gasteiger partial charge in [0.05, 0.1) is 5.70 Å². The smallest absolute Gasteiger partial charge is 0.309 e. The zero-order valence-corrected chi connectivity index (χ0v) is 8.57. The number of hydrogen-bond acceptors (Lipinski definition) is 1. The third-order valence-electron chi connectivity index (χ3n) is 2.89. The van der Waals surface area contributed by atoms with Crippen LogP contribution in [0.25, 0.3) is 0 Å². The van der Waals surface area contributed by atoms with Crippen molar-refractivity contribution in [2.45, 2.75) is 24.7 Å². The molecule has 1 aliphatic carbocycles. The van der Waals surface area contributed by atoms with Crippen molar-refractivity contribution in [2.75, 3.05) is 6.54 Å². The fourth-order valence-electron chi connectivity index (χ4n) is 1.92. The van der Waals surface area contributed by atoms with Gasteiger partial charge in [0.2, 0.25) is 5.91 Å². The van der Waals surface area contributed by atoms with E-state index >= 15 is 0 Å². The monoisotopic (exact) mass is 253 g/mol. The first kappa shape index (κ1) is 12.1. The lowest BCUT2D eigenvalue weighted by atomic mass is 10.1. The minimum Gasteiger partial charge on any atom is -0.309 e. The zero-order valence-electron chi connectivity index (χ0n) is 8.57. The second-order valence-corrected chi connectivity index (χ2v) is 3.94. The molecule has 0 saturated carbocycles. The molecule has 0 bridgehead atoms. The summed E-state index contributed by atoms with van der Waals surface area (Å²) in [5.74, 6) is -12.5. The van der Waals surface area contributed by atoms with E-state index in [2.05, 4.69) is 6.58 Å². The van der Waals surface area contributed by atoms with Crippen LogP contribution in [0.5, 0.6) is 0 Å². The molecule has 1 amide bonds. The fraction of sp³-hybridized carbons (Fsp3) is 0.500. The molecule has 2 nitrogen and oxygen atoms in total. The molecule has 0 aromatic carbocycles. The summed E-state index contributed by atoms with van der Waals surface area (Å²) >= 11 is 0. The van der Waals surface area contributed by atoms with Gasteiger partial charge in [-0.25, -0.2) is 4.39 Å². The van der Waals surface area contributed by atoms with Gasteiger partial charge >= 0.3 is 11.8 Å². The van der Waals surface area contributed by atoms with E-state index in [9.17, 15) is 26.7 Å². The number of amides is 1. The Kier molecular flexibility index (Phi) is 2.34. The van der Waals surface area contributed by atoms with Crippen molar-refractivity contribution in [3.63, 3.8) is 0 Å². The van der Waals surface area contributed by atoms with Crippen molar-refractivity contribution in [1.29, 1.82) is 0 Å². The number of hydrogen-bond donors (Lipinski definition) is 0. The summed E-state index contributed by atoms with van der Waals surface area (Å²) in [6.07, 6.45) is 0.348. The molecular formula is C10H8F5NO. The third kappa shape index (κ3) is 1.34. The Morgan fingerprint density at radius 3 is 2.12 bits per heavy atom. The van der Waals surface area contributed by atoms with Gasteiger partial charge in [0, 0.05) is 18.5 Å². The Hall–Kier alpha value is -1.40. The molecule has 0 radical (unpaired) electrons. The number of carbonyl (C=O) groups excluding carboxylic acids is 1. The molecule has 1 fully saturated rings. The van der Waals surface area contributed by atoms with Crippen molar-refractivity contribution in [1.82, 2.24) is 4.90 Å². The molecule has 1 saturated heterocycles. The highest BCUT2D eigenvalue weighted by molar-refractivity contribution is 5.81. The Morgan fingerprint density at radius 2 is 1.76 bits per heavy atom. The molecule has 2 rings (SSSR count). The van der Waals surface area contributed by atoms with E-state index in [0.29, 0.717) is 11.3 Å². The van der Waals surface area contributed by atoms with Gasteiger partial charge in [-0.2, -0.15) is 17.6 Å². The average Bonchev–Trinajstić information content (AvgIpc) is 2.68. The highest BCUT2D eigenvalue weighted by Gasteiger charge is 2.69. The number of halogens is 5. The standard InChI is InChI=1S/C10H8F5NO/c1-5-7(16-4-2-3-6(16)17)8(11)10(14,15)9(5,12)13/h1-4H2. The maximum Gasteiger partial charge on any atom is 0.367 e. The zero-order chi connectivity index (χ0) is 13.0. The van der Waals surface area contributed by atoms with Crippen LogP contribution in [0.3, 0.4) is 0 Å². The predicted octanol–water partition coefficient (Wildman–Crippen LogP) is 2.63. The Labute approximate surface area is 93.4 Å². The summed E-state index contributed by atoms with van der Waals surface area (Å²) < 4.78 is 65.6. The van der Waals surface area contributed by atoms with Crippen LogP contribution in [0.4, 0.5) is 22.0 Å². The topological polar surface area (TPSA) is 20.3 Å². The van der Waals surface area contributed by atoms with Crippen molar-refractivity contribution in [3.05, 3.63) is 23.7 Å². The van der Waals surface area contributed by atoms with Gasteiger partial charge in [-0.1, -0.05) is 6.58 Å². The van der Waals surface area contributed by atoms with E-state index in [-0.39, 0.29) is 13.0 Å². The highest BCUT2D eigenvalue weighted by Crippen LogP contribution is 2.55. The van der Waals surface area contributed by atoms with Crippen LogP contribution >= 0.6 is 0 Å². The normalized spacial score (nSPS) is 27.2. The minimum absolute atomic E-state index is 0.0290. The summed E-state index contributed by atoms with van der Waals surface area (Å²) in [4.78, 5) is 11.9. The van der Waals surface area contributed by atoms with Crippen molar-refractivity contribution in [3.8, 4) is 0 Å². The molecule has 0 unspecified atom stereocenters. The summed E-state index contributed by atoms with van der Waals surface area (Å²) in [6, 6.07) is 0. The molecule has 7 heteroatoms. The summed E-state index contributed by atoms with van der Waals surface area (Å²) in [5, 5.41) is 0. The predicted molar refractivity (Wildman–Crippen MR) is 48.1 cm³/mol. The first-order chi connectivity index (χ1) is 7.71. The first-order valence-corrected chi connectivity index (χ1v) is 4.87. The van der Waals surface area contributed by atoms with E-state index in [0.717, 1.165) is 0 Å². The molecular weight excluding hydrogens is 245 g/mol. The van der Waals surface area contributed by atoms with Gasteiger partial charge in [-0.05, 0) is 6.42 Å². The second kappa shape index (κ2) is 3.30. The lowest BCUT2D eigenvalue weighted by Crippen LogP contribution is -2.37. The van der Waals surface area contributed by atoms with Crippen LogP contribution < -0.4 is 0 Å². The van der Waals surface area contributed by atoms with Crippen LogP contribution in [-0.2, 0) is 4.79 Å². The lowest BCUT2D eigenvalue weighted by Gasteiger charge is -2.20. The molecule has 1 heterocycles. The first-order valence-electron chi connectivity index (χ1n) is 4.87. The number of likely N-dealkylation sites (tertiary alicyclic amines) is 1. The molecule has 0 aromatic rings. The molecule has 0 atom stereocenters. The third-order valence-corrected chi connectivity index (χ3v) is 2.89. The summed E-state index contributed by atoms with van der Waals surface area (Å²) in [7, 11) is 0. The van der Waals surface area contributed by atoms with E-state index in [1.165, 1.54) is 0 Å². The van der Waals surface area contributed by atoms with Gasteiger partial charge in [-0.3, -0.25) is 4.79 Å². The number of allylic oxidation sites excluding steroid dienone is 2. The molecule has 0 N–H and O–H groups in total. The summed E-state index contributed by atoms with van der Waals surface area (Å²) in [5.41, 5.74) is -2.39. The van der Waals surface area contributed by atoms with Crippen LogP contribution in [-0.4, -0.2) is 29.2 Å². The summed E-state index contributed by atoms with van der Waals surface area (Å²) in [6.45, 7) is 2.74. The van der Waals surface area contributed by atoms with E-state index in [1.54, 1.807) is 0 Å². The van der Waals surface area contributed by atoms with Crippen LogP contribution in [0.1, 0.15) is 12.8 Å². The lowest BCUT2D eigenvalue weighted by molar-refractivity contribution is -0.160. The van der Waals surface area contributed by atoms with Gasteiger partial charge in [0.1, 0.15) is 0 Å². The maximum atomic E-state index is 13.3. The van der Waals surface area contributed by atoms with Crippen LogP contribution in [0.15, 0.2) is 23.7 Å². The van der Waals surface area contributed by atoms with E-state index in [1.807, 2.05) is 0 Å². The Balaban J connectivity index is 2.51. The maximum absolute atomic E-state index is 13.3. The number of rotatable bonds is 1. The number of nitrogens with zero attached hydrogens (tertiary/aromatic N) is 1. The van der Waals surface area contributed by atoms with Gasteiger partial charge < -0.3 is 4.90 Å². The van der Waals surface area contributed by atoms with Gasteiger partial charge in [0.15, 0.2) is 5.83 Å². The second-order valence-electron chi connectivity index (χ2n) is 3.94. The molecule has 2 aliphatic rings. The van der Waals surface area contributed by atoms with Crippen molar-refractivity contribution in [2.24, 2.45) is 0 Å². The minimum atomic E-state index is -4.93. The van der Waals surface area contributed by atoms with Gasteiger partial charge in [-0.15, -0.1) is 0 Å². The largest absolute Gasteiger partial charge is 0.367 e. The van der Waals surface area contributed by atoms with Crippen molar-refractivity contribution < 1.29 is 26.7 Å². The van der Waals surface area contributed by atoms with Crippen LogP contribution in [0.2, 0.25) is 0 Å². The average molecular weight is 253 g/mol. The van der Waals surface area contributed by atoms with E-state index in [4.69, 9.17) is 0 Å². The number of alkyl halides is 4. The van der Waals surface area contributed by atoms with Crippen LogP contribution in [0, 0.1) is 0 Å². The molecule has 17 heavy (non-hydrogen) atoms. The van der Waals surface area contributed by atoms with Crippen molar-refractivity contribution >= 4 is 5.91 Å². The van der Waals surface area contributed by atoms with Gasteiger partial charge in [0.25, 0.3) is 0 Å². The SMILES string of the molecule is C=C1C(N2CCCC2=O)=C(F)C(F)(F)C1(F)F.